The van der Waals surface area contributed by atoms with Gasteiger partial charge in [0.2, 0.25) is 0 Å². The first-order valence-corrected chi connectivity index (χ1v) is 10.9. The van der Waals surface area contributed by atoms with Gasteiger partial charge in [-0.05, 0) is 62.4 Å². The fourth-order valence-corrected chi connectivity index (χ4v) is 4.92. The van der Waals surface area contributed by atoms with Crippen molar-refractivity contribution in [3.63, 3.8) is 0 Å². The Kier molecular flexibility index (Phi) is 8.88. The largest absolute Gasteiger partial charge is 0.512 e. The summed E-state index contributed by atoms with van der Waals surface area (Å²) in [5.74, 6) is 0.887. The van der Waals surface area contributed by atoms with Crippen LogP contribution in [0.15, 0.2) is 23.5 Å². The number of aliphatic carboxylic acids is 1. The number of allylic oxidation sites excluding steroid dienone is 3. The van der Waals surface area contributed by atoms with Crippen LogP contribution in [0.25, 0.3) is 0 Å². The van der Waals surface area contributed by atoms with Crippen LogP contribution in [0.3, 0.4) is 0 Å². The van der Waals surface area contributed by atoms with E-state index in [-0.39, 0.29) is 12.3 Å². The first-order chi connectivity index (χ1) is 12.9. The molecular formula is C23H38O4. The van der Waals surface area contributed by atoms with E-state index < -0.39 is 12.1 Å². The van der Waals surface area contributed by atoms with Crippen LogP contribution in [-0.2, 0) is 4.79 Å². The van der Waals surface area contributed by atoms with E-state index in [1.807, 2.05) is 6.08 Å². The van der Waals surface area contributed by atoms with Crippen molar-refractivity contribution < 1.29 is 20.1 Å². The minimum absolute atomic E-state index is 0.122. The predicted octanol–water partition coefficient (Wildman–Crippen LogP) is 5.62. The first-order valence-electron chi connectivity index (χ1n) is 10.9. The van der Waals surface area contributed by atoms with Crippen LogP contribution in [0.2, 0.25) is 0 Å². The average molecular weight is 379 g/mol. The summed E-state index contributed by atoms with van der Waals surface area (Å²) in [6.07, 6.45) is 14.0. The zero-order valence-electron chi connectivity index (χ0n) is 17.1. The topological polar surface area (TPSA) is 77.8 Å². The van der Waals surface area contributed by atoms with Gasteiger partial charge in [0.1, 0.15) is 0 Å². The van der Waals surface area contributed by atoms with Gasteiger partial charge >= 0.3 is 5.97 Å². The molecule has 27 heavy (non-hydrogen) atoms. The van der Waals surface area contributed by atoms with Crippen LogP contribution in [0.5, 0.6) is 0 Å². The van der Waals surface area contributed by atoms with E-state index in [1.54, 1.807) is 0 Å². The molecule has 2 saturated carbocycles. The Balaban J connectivity index is 1.86. The lowest BCUT2D eigenvalue weighted by Crippen LogP contribution is -2.21. The van der Waals surface area contributed by atoms with Crippen LogP contribution in [0.1, 0.15) is 84.5 Å². The molecule has 0 aromatic heterocycles. The molecule has 3 N–H and O–H groups in total. The maximum atomic E-state index is 10.7. The third-order valence-corrected chi connectivity index (χ3v) is 6.45. The normalized spacial score (nSPS) is 30.6. The zero-order valence-corrected chi connectivity index (χ0v) is 17.1. The third-order valence-electron chi connectivity index (χ3n) is 6.45. The summed E-state index contributed by atoms with van der Waals surface area (Å²) in [4.78, 5) is 10.6. The standard InChI is InChI=1S/C23H38O4/c1-3-4-5-8-16(2)11-12-20(24)23-19-14-17(9-6-7-10-22(26)27)13-18(19)15-21(23)25/h9,12,16,18-19,21,23-25H,3-8,10-11,13-15H2,1-2H3,(H,26,27)/b17-9+,20-12+/t16?,18-,19-,21+,23-/m0/s1. The molecule has 4 heteroatoms. The third kappa shape index (κ3) is 6.67. The fraction of sp³-hybridized carbons (Fsp3) is 0.783. The number of aliphatic hydroxyl groups excluding tert-OH is 2. The first kappa shape index (κ1) is 22.0. The molecule has 2 rings (SSSR count). The van der Waals surface area contributed by atoms with Crippen molar-refractivity contribution in [2.24, 2.45) is 23.7 Å². The summed E-state index contributed by atoms with van der Waals surface area (Å²) in [5, 5.41) is 29.9. The van der Waals surface area contributed by atoms with Crippen LogP contribution in [-0.4, -0.2) is 27.4 Å². The number of unbranched alkanes of at least 4 members (excludes halogenated alkanes) is 3. The lowest BCUT2D eigenvalue weighted by Gasteiger charge is -2.21. The van der Waals surface area contributed by atoms with Crippen molar-refractivity contribution in [1.29, 1.82) is 0 Å². The Bertz CT molecular complexity index is 536. The second kappa shape index (κ2) is 10.9. The molecule has 0 bridgehead atoms. The molecule has 154 valence electrons. The van der Waals surface area contributed by atoms with Crippen LogP contribution >= 0.6 is 0 Å². The molecule has 2 aliphatic carbocycles. The van der Waals surface area contributed by atoms with Gasteiger partial charge in [-0.25, -0.2) is 0 Å². The van der Waals surface area contributed by atoms with Gasteiger partial charge in [0.25, 0.3) is 0 Å². The highest BCUT2D eigenvalue weighted by atomic mass is 16.4. The number of carboxylic acids is 1. The van der Waals surface area contributed by atoms with E-state index >= 15 is 0 Å². The summed E-state index contributed by atoms with van der Waals surface area (Å²) in [5.41, 5.74) is 1.38. The van der Waals surface area contributed by atoms with Gasteiger partial charge in [-0.2, -0.15) is 0 Å². The molecule has 0 heterocycles. The highest BCUT2D eigenvalue weighted by Crippen LogP contribution is 2.52. The molecule has 1 unspecified atom stereocenters. The summed E-state index contributed by atoms with van der Waals surface area (Å²) in [7, 11) is 0. The van der Waals surface area contributed by atoms with Gasteiger partial charge in [0.05, 0.1) is 11.9 Å². The molecule has 2 fully saturated rings. The van der Waals surface area contributed by atoms with Gasteiger partial charge in [-0.3, -0.25) is 4.79 Å². The maximum absolute atomic E-state index is 10.7. The number of carbonyl (C=O) groups is 1. The van der Waals surface area contributed by atoms with Gasteiger partial charge in [-0.1, -0.05) is 51.2 Å². The van der Waals surface area contributed by atoms with Crippen LogP contribution in [0.4, 0.5) is 0 Å². The van der Waals surface area contributed by atoms with E-state index in [9.17, 15) is 15.0 Å². The highest BCUT2D eigenvalue weighted by Gasteiger charge is 2.47. The van der Waals surface area contributed by atoms with Gasteiger partial charge in [-0.15, -0.1) is 0 Å². The van der Waals surface area contributed by atoms with Crippen molar-refractivity contribution in [2.75, 3.05) is 0 Å². The SMILES string of the molecule is CCCCCC(C)C/C=C(/O)[C@@H]1[C@H]2C/C(=C/CCCC(=O)O)C[C@H]2C[C@H]1O. The summed E-state index contributed by atoms with van der Waals surface area (Å²) >= 11 is 0. The lowest BCUT2D eigenvalue weighted by atomic mass is 9.88. The number of rotatable bonds is 11. The van der Waals surface area contributed by atoms with E-state index in [1.165, 1.54) is 31.3 Å². The minimum Gasteiger partial charge on any atom is -0.512 e. The molecule has 0 aromatic carbocycles. The fourth-order valence-electron chi connectivity index (χ4n) is 4.92. The summed E-state index contributed by atoms with van der Waals surface area (Å²) in [6.45, 7) is 4.45. The number of carboxylic acid groups (broad SMARTS) is 1. The monoisotopic (exact) mass is 378 g/mol. The van der Waals surface area contributed by atoms with Gasteiger partial charge in [0.15, 0.2) is 0 Å². The molecule has 5 atom stereocenters. The van der Waals surface area contributed by atoms with E-state index in [0.717, 1.165) is 32.1 Å². The van der Waals surface area contributed by atoms with Crippen LogP contribution in [0, 0.1) is 23.7 Å². The molecule has 0 saturated heterocycles. The number of aliphatic hydroxyl groups is 2. The van der Waals surface area contributed by atoms with Crippen molar-refractivity contribution in [3.8, 4) is 0 Å². The Labute approximate surface area is 164 Å². The molecule has 0 aromatic rings. The van der Waals surface area contributed by atoms with E-state index in [4.69, 9.17) is 5.11 Å². The van der Waals surface area contributed by atoms with Crippen LogP contribution < -0.4 is 0 Å². The Morgan fingerprint density at radius 1 is 1.22 bits per heavy atom. The van der Waals surface area contributed by atoms with Gasteiger partial charge in [0, 0.05) is 12.3 Å². The van der Waals surface area contributed by atoms with Crippen molar-refractivity contribution in [2.45, 2.75) is 90.6 Å². The average Bonchev–Trinajstić information content (AvgIpc) is 3.12. The number of hydrogen-bond donors (Lipinski definition) is 3. The quantitative estimate of drug-likeness (QED) is 0.248. The number of hydrogen-bond acceptors (Lipinski definition) is 3. The molecule has 0 amide bonds. The summed E-state index contributed by atoms with van der Waals surface area (Å²) in [6, 6.07) is 0. The summed E-state index contributed by atoms with van der Waals surface area (Å²) < 4.78 is 0. The molecular weight excluding hydrogens is 340 g/mol. The zero-order chi connectivity index (χ0) is 19.8. The van der Waals surface area contributed by atoms with Crippen molar-refractivity contribution >= 4 is 5.97 Å². The maximum Gasteiger partial charge on any atom is 0.303 e. The molecule has 0 radical (unpaired) electrons. The Hall–Kier alpha value is -1.29. The molecule has 0 spiro atoms. The van der Waals surface area contributed by atoms with Crippen molar-refractivity contribution in [1.82, 2.24) is 0 Å². The molecule has 2 aliphatic rings. The van der Waals surface area contributed by atoms with Crippen molar-refractivity contribution in [3.05, 3.63) is 23.5 Å². The number of fused-ring (bicyclic) bond motifs is 1. The highest BCUT2D eigenvalue weighted by molar-refractivity contribution is 5.66. The van der Waals surface area contributed by atoms with E-state index in [0.29, 0.717) is 29.9 Å². The lowest BCUT2D eigenvalue weighted by molar-refractivity contribution is -0.137. The molecule has 4 nitrogen and oxygen atoms in total. The van der Waals surface area contributed by atoms with E-state index in [2.05, 4.69) is 19.9 Å². The second-order valence-electron chi connectivity index (χ2n) is 8.78. The second-order valence-corrected chi connectivity index (χ2v) is 8.78. The Morgan fingerprint density at radius 3 is 2.70 bits per heavy atom. The van der Waals surface area contributed by atoms with Gasteiger partial charge < -0.3 is 15.3 Å². The Morgan fingerprint density at radius 2 is 2.00 bits per heavy atom. The molecule has 0 aliphatic heterocycles. The minimum atomic E-state index is -0.737. The smallest absolute Gasteiger partial charge is 0.303 e. The predicted molar refractivity (Wildman–Crippen MR) is 109 cm³/mol.